The highest BCUT2D eigenvalue weighted by Crippen LogP contribution is 2.22. The number of carbonyl (C=O) groups excluding carboxylic acids is 1. The van der Waals surface area contributed by atoms with Crippen molar-refractivity contribution < 1.29 is 14.3 Å². The Labute approximate surface area is 194 Å². The summed E-state index contributed by atoms with van der Waals surface area (Å²) in [7, 11) is 1.32. The van der Waals surface area contributed by atoms with Crippen molar-refractivity contribution in [1.82, 2.24) is 14.2 Å². The number of rotatable bonds is 6. The number of H-pyrrole nitrogens is 1. The number of aryl methyl sites for hydroxylation is 1. The summed E-state index contributed by atoms with van der Waals surface area (Å²) in [5.74, 6) is 0.0928. The molecule has 0 saturated heterocycles. The van der Waals surface area contributed by atoms with Crippen LogP contribution in [0.15, 0.2) is 69.3 Å². The van der Waals surface area contributed by atoms with E-state index in [4.69, 9.17) is 4.74 Å². The fraction of sp³-hybridized carbons (Fsp3) is 0.200. The summed E-state index contributed by atoms with van der Waals surface area (Å²) < 4.78 is 13.1. The van der Waals surface area contributed by atoms with Gasteiger partial charge in [0, 0.05) is 22.6 Å². The Morgan fingerprint density at radius 2 is 1.79 bits per heavy atom. The van der Waals surface area contributed by atoms with Crippen molar-refractivity contribution in [2.75, 3.05) is 7.11 Å². The third-order valence-electron chi connectivity index (χ3n) is 5.51. The Hall–Kier alpha value is -4.40. The smallest absolute Gasteiger partial charge is 0.349 e. The summed E-state index contributed by atoms with van der Waals surface area (Å²) in [6, 6.07) is 16.0. The Bertz CT molecular complexity index is 1510. The van der Waals surface area contributed by atoms with Crippen LogP contribution in [-0.2, 0) is 9.53 Å². The molecule has 2 heterocycles. The quantitative estimate of drug-likeness (QED) is 0.352. The minimum absolute atomic E-state index is 0.383. The fourth-order valence-corrected chi connectivity index (χ4v) is 3.79. The van der Waals surface area contributed by atoms with Crippen molar-refractivity contribution in [2.24, 2.45) is 5.10 Å². The number of nitrogens with zero attached hydrogens (tertiary/aromatic N) is 3. The van der Waals surface area contributed by atoms with E-state index in [1.54, 1.807) is 43.3 Å². The highest BCUT2D eigenvalue weighted by atomic mass is 16.6. The van der Waals surface area contributed by atoms with Crippen molar-refractivity contribution in [3.63, 3.8) is 0 Å². The zero-order valence-corrected chi connectivity index (χ0v) is 19.2. The molecule has 1 atom stereocenters. The summed E-state index contributed by atoms with van der Waals surface area (Å²) in [5, 5.41) is 4.55. The van der Waals surface area contributed by atoms with Gasteiger partial charge in [-0.05, 0) is 63.2 Å². The molecule has 9 heteroatoms. The predicted octanol–water partition coefficient (Wildman–Crippen LogP) is 2.92. The molecule has 4 rings (SSSR count). The number of aromatic amines is 1. The van der Waals surface area contributed by atoms with Gasteiger partial charge in [0.15, 0.2) is 6.10 Å². The monoisotopic (exact) mass is 460 g/mol. The van der Waals surface area contributed by atoms with Gasteiger partial charge < -0.3 is 19.0 Å². The van der Waals surface area contributed by atoms with E-state index in [9.17, 15) is 14.4 Å². The molecule has 1 N–H and O–H groups in total. The summed E-state index contributed by atoms with van der Waals surface area (Å²) in [6.45, 7) is 5.49. The maximum atomic E-state index is 12.7. The van der Waals surface area contributed by atoms with E-state index in [1.165, 1.54) is 13.3 Å². The van der Waals surface area contributed by atoms with Crippen LogP contribution in [-0.4, -0.2) is 39.6 Å². The molecule has 174 valence electrons. The molecule has 0 aliphatic rings. The zero-order chi connectivity index (χ0) is 24.4. The van der Waals surface area contributed by atoms with Crippen LogP contribution in [0.1, 0.15) is 23.9 Å². The first-order valence-corrected chi connectivity index (χ1v) is 10.6. The first-order valence-electron chi connectivity index (χ1n) is 10.6. The molecule has 0 saturated carbocycles. The maximum absolute atomic E-state index is 12.7. The second kappa shape index (κ2) is 9.22. The highest BCUT2D eigenvalue weighted by Gasteiger charge is 2.15. The van der Waals surface area contributed by atoms with Gasteiger partial charge in [0.2, 0.25) is 0 Å². The van der Waals surface area contributed by atoms with Crippen LogP contribution >= 0.6 is 0 Å². The third kappa shape index (κ3) is 4.27. The molecule has 0 aliphatic heterocycles. The van der Waals surface area contributed by atoms with Crippen molar-refractivity contribution >= 4 is 23.1 Å². The van der Waals surface area contributed by atoms with Gasteiger partial charge in [0.25, 0.3) is 5.56 Å². The first kappa shape index (κ1) is 22.8. The van der Waals surface area contributed by atoms with Gasteiger partial charge in [-0.1, -0.05) is 12.1 Å². The molecule has 0 bridgehead atoms. The van der Waals surface area contributed by atoms with E-state index in [0.717, 1.165) is 27.3 Å². The molecule has 9 nitrogen and oxygen atoms in total. The van der Waals surface area contributed by atoms with E-state index in [0.29, 0.717) is 16.7 Å². The van der Waals surface area contributed by atoms with Gasteiger partial charge in [-0.3, -0.25) is 4.79 Å². The normalized spacial score (nSPS) is 12.2. The number of esters is 1. The number of nitrogens with one attached hydrogen (secondary N) is 1. The number of ether oxygens (including phenoxy) is 2. The lowest BCUT2D eigenvalue weighted by molar-refractivity contribution is -0.147. The number of hydrogen-bond donors (Lipinski definition) is 1. The molecule has 1 unspecified atom stereocenters. The summed E-state index contributed by atoms with van der Waals surface area (Å²) in [5.41, 5.74) is 2.84. The summed E-state index contributed by atoms with van der Waals surface area (Å²) in [6.07, 6.45) is 0.787. The number of benzene rings is 2. The Balaban J connectivity index is 1.63. The van der Waals surface area contributed by atoms with Crippen LogP contribution in [0, 0.1) is 13.8 Å². The molecular weight excluding hydrogens is 436 g/mol. The predicted molar refractivity (Wildman–Crippen MR) is 129 cm³/mol. The molecular formula is C25H24N4O5. The standard InChI is InChI=1S/C25H24N4O5/c1-15-13-18(14-26-29-23(30)21-7-5-6-8-22(21)27-25(29)32)16(2)28(15)19-9-11-20(12-10-19)34-17(3)24(31)33-4/h5-14,17H,1-4H3,(H,27,32). The van der Waals surface area contributed by atoms with E-state index >= 15 is 0 Å². The van der Waals surface area contributed by atoms with Gasteiger partial charge in [0.05, 0.1) is 24.2 Å². The number of carbonyl (C=O) groups is 1. The van der Waals surface area contributed by atoms with Gasteiger partial charge in [0.1, 0.15) is 5.75 Å². The van der Waals surface area contributed by atoms with Crippen molar-refractivity contribution in [2.45, 2.75) is 26.9 Å². The molecule has 34 heavy (non-hydrogen) atoms. The van der Waals surface area contributed by atoms with Crippen LogP contribution in [0.4, 0.5) is 0 Å². The van der Waals surface area contributed by atoms with Crippen molar-refractivity contribution in [1.29, 1.82) is 0 Å². The number of para-hydroxylation sites is 1. The second-order valence-corrected chi connectivity index (χ2v) is 7.78. The average molecular weight is 460 g/mol. The lowest BCUT2D eigenvalue weighted by Crippen LogP contribution is -2.32. The average Bonchev–Trinajstić information content (AvgIpc) is 3.11. The second-order valence-electron chi connectivity index (χ2n) is 7.78. The molecule has 0 fully saturated rings. The largest absolute Gasteiger partial charge is 0.479 e. The highest BCUT2D eigenvalue weighted by molar-refractivity contribution is 5.82. The van der Waals surface area contributed by atoms with Crippen LogP contribution in [0.5, 0.6) is 5.75 Å². The van der Waals surface area contributed by atoms with E-state index in [-0.39, 0.29) is 0 Å². The molecule has 2 aromatic carbocycles. The first-order chi connectivity index (χ1) is 16.3. The van der Waals surface area contributed by atoms with Gasteiger partial charge in [-0.2, -0.15) is 5.10 Å². The maximum Gasteiger partial charge on any atom is 0.349 e. The zero-order valence-electron chi connectivity index (χ0n) is 19.2. The van der Waals surface area contributed by atoms with Crippen molar-refractivity contribution in [3.05, 3.63) is 92.4 Å². The Kier molecular flexibility index (Phi) is 6.18. The Morgan fingerprint density at radius 1 is 1.09 bits per heavy atom. The fourth-order valence-electron chi connectivity index (χ4n) is 3.79. The Morgan fingerprint density at radius 3 is 2.50 bits per heavy atom. The summed E-state index contributed by atoms with van der Waals surface area (Å²) >= 11 is 0. The SMILES string of the molecule is COC(=O)C(C)Oc1ccc(-n2c(C)cc(C=Nn3c(=O)[nH]c4ccccc4c3=O)c2C)cc1. The minimum Gasteiger partial charge on any atom is -0.479 e. The van der Waals surface area contributed by atoms with Crippen molar-refractivity contribution in [3.8, 4) is 11.4 Å². The molecule has 0 aliphatic carbocycles. The van der Waals surface area contributed by atoms with Gasteiger partial charge >= 0.3 is 11.7 Å². The molecule has 4 aromatic rings. The molecule has 0 amide bonds. The van der Waals surface area contributed by atoms with Gasteiger partial charge in [-0.25, -0.2) is 9.59 Å². The number of hydrogen-bond acceptors (Lipinski definition) is 6. The van der Waals surface area contributed by atoms with Crippen LogP contribution in [0.25, 0.3) is 16.6 Å². The van der Waals surface area contributed by atoms with Crippen LogP contribution in [0.2, 0.25) is 0 Å². The van der Waals surface area contributed by atoms with E-state index in [1.807, 2.05) is 36.6 Å². The number of methoxy groups -OCH3 is 1. The van der Waals surface area contributed by atoms with E-state index in [2.05, 4.69) is 14.8 Å². The van der Waals surface area contributed by atoms with Gasteiger partial charge in [-0.15, -0.1) is 4.68 Å². The molecule has 0 spiro atoms. The number of fused-ring (bicyclic) bond motifs is 1. The molecule has 0 radical (unpaired) electrons. The summed E-state index contributed by atoms with van der Waals surface area (Å²) in [4.78, 5) is 39.3. The third-order valence-corrected chi connectivity index (χ3v) is 5.51. The van der Waals surface area contributed by atoms with E-state index < -0.39 is 23.3 Å². The van der Waals surface area contributed by atoms with Crippen LogP contribution < -0.4 is 16.0 Å². The lowest BCUT2D eigenvalue weighted by atomic mass is 10.2. The minimum atomic E-state index is -0.713. The van der Waals surface area contributed by atoms with Crippen LogP contribution in [0.3, 0.4) is 0 Å². The number of aromatic nitrogens is 3. The topological polar surface area (TPSA) is 108 Å². The molecule has 2 aromatic heterocycles. The lowest BCUT2D eigenvalue weighted by Gasteiger charge is -2.14.